The van der Waals surface area contributed by atoms with Gasteiger partial charge in [0.05, 0.1) is 0 Å². The van der Waals surface area contributed by atoms with Gasteiger partial charge in [-0.1, -0.05) is 121 Å². The molecule has 4 aromatic rings. The molecule has 4 heterocycles. The maximum Gasteiger partial charge on any atom is 0.230 e. The number of hydrogen-bond donors (Lipinski definition) is 0. The highest BCUT2D eigenvalue weighted by Crippen LogP contribution is 2.56. The fourth-order valence-electron chi connectivity index (χ4n) is 10.8. The molecule has 62 heavy (non-hydrogen) atoms. The largest absolute Gasteiger partial charge is 0.457 e. The van der Waals surface area contributed by atoms with Crippen LogP contribution in [0.4, 0.5) is 0 Å². The standard InChI is InChI=1S/C53H65BrO8/c1-5-9-13-17-33-37-21-38-34(18-14-10-6-2)40-23-42-36(20-16-12-8-4)44-24-43-35(19-15-11-7-3)41-22-39(33)48-26-50(41)59-31-61-52(43)45(28-54)53(44)62-32-60-51(42)27-49(40)58-30-56-47(38)25-46(37)55-29-57-48/h21-27,33-36H,5-20,28-32H2,1-4H3. The molecule has 1 aliphatic carbocycles. The van der Waals surface area contributed by atoms with Crippen LogP contribution >= 0.6 is 15.9 Å². The monoisotopic (exact) mass is 908 g/mol. The normalized spacial score (nSPS) is 20.0. The van der Waals surface area contributed by atoms with Gasteiger partial charge in [-0.05, 0) is 49.9 Å². The summed E-state index contributed by atoms with van der Waals surface area (Å²) in [6.07, 6.45) is 17.3. The number of hydrogen-bond acceptors (Lipinski definition) is 8. The minimum atomic E-state index is 0.00859. The van der Waals surface area contributed by atoms with Crippen molar-refractivity contribution in [1.29, 1.82) is 0 Å². The second-order valence-electron chi connectivity index (χ2n) is 17.9. The van der Waals surface area contributed by atoms with E-state index in [1.807, 2.05) is 0 Å². The summed E-state index contributed by atoms with van der Waals surface area (Å²) in [5.41, 5.74) is 10.6. The number of unbranched alkanes of at least 4 members (excludes halogenated alkanes) is 8. The second kappa shape index (κ2) is 19.7. The highest BCUT2D eigenvalue weighted by Gasteiger charge is 2.38. The van der Waals surface area contributed by atoms with E-state index in [0.717, 1.165) is 154 Å². The summed E-state index contributed by atoms with van der Waals surface area (Å²) in [6.45, 7) is 9.40. The van der Waals surface area contributed by atoms with E-state index in [1.54, 1.807) is 0 Å². The molecule has 0 radical (unpaired) electrons. The topological polar surface area (TPSA) is 73.8 Å². The summed E-state index contributed by atoms with van der Waals surface area (Å²) < 4.78 is 53.3. The van der Waals surface area contributed by atoms with Gasteiger partial charge >= 0.3 is 0 Å². The Bertz CT molecular complexity index is 2070. The zero-order chi connectivity index (χ0) is 42.6. The lowest BCUT2D eigenvalue weighted by atomic mass is 9.75. The first kappa shape index (κ1) is 43.0. The predicted octanol–water partition coefficient (Wildman–Crippen LogP) is 14.7. The zero-order valence-electron chi connectivity index (χ0n) is 37.3. The van der Waals surface area contributed by atoms with E-state index in [1.165, 1.54) is 44.5 Å². The Kier molecular flexibility index (Phi) is 13.6. The molecule has 0 N–H and O–H groups in total. The molecule has 4 aliphatic heterocycles. The molecule has 0 aromatic heterocycles. The highest BCUT2D eigenvalue weighted by atomic mass is 79.9. The summed E-state index contributed by atoms with van der Waals surface area (Å²) in [5, 5.41) is 0.566. The molecular formula is C53H65BrO8. The van der Waals surface area contributed by atoms with Crippen LogP contribution < -0.4 is 37.9 Å². The van der Waals surface area contributed by atoms with Crippen LogP contribution in [-0.4, -0.2) is 27.2 Å². The van der Waals surface area contributed by atoms with Gasteiger partial charge < -0.3 is 37.9 Å². The van der Waals surface area contributed by atoms with Gasteiger partial charge in [-0.2, -0.15) is 0 Å². The lowest BCUT2D eigenvalue weighted by Crippen LogP contribution is -2.23. The fourth-order valence-corrected chi connectivity index (χ4v) is 11.3. The average Bonchev–Trinajstić information content (AvgIpc) is 3.26. The number of halogens is 1. The van der Waals surface area contributed by atoms with E-state index in [4.69, 9.17) is 37.9 Å². The van der Waals surface area contributed by atoms with Crippen LogP contribution in [0.3, 0.4) is 0 Å². The SMILES string of the molecule is CCCCCC1c2cc3c4cc2OCOc2cc5c(cc21)C(CCCCC)c1cc2c(c(CBr)c1OCO5)OCOc1cc(c(cc1C2CCCCC)C3CCCCC)OCO4. The third-order valence-corrected chi connectivity index (χ3v) is 14.6. The van der Waals surface area contributed by atoms with Crippen molar-refractivity contribution in [2.24, 2.45) is 0 Å². The first-order valence-corrected chi connectivity index (χ1v) is 25.0. The smallest absolute Gasteiger partial charge is 0.230 e. The molecule has 0 spiro atoms. The van der Waals surface area contributed by atoms with Crippen LogP contribution in [0.1, 0.15) is 204 Å². The van der Waals surface area contributed by atoms with Gasteiger partial charge in [-0.3, -0.25) is 0 Å². The van der Waals surface area contributed by atoms with E-state index in [0.29, 0.717) is 5.33 Å². The minimum absolute atomic E-state index is 0.00859. The Morgan fingerprint density at radius 1 is 0.355 bits per heavy atom. The minimum Gasteiger partial charge on any atom is -0.457 e. The van der Waals surface area contributed by atoms with E-state index in [9.17, 15) is 0 Å². The van der Waals surface area contributed by atoms with Crippen molar-refractivity contribution in [2.45, 2.75) is 159 Å². The lowest BCUT2D eigenvalue weighted by molar-refractivity contribution is 0.0976. The number of rotatable bonds is 17. The molecule has 5 aliphatic rings. The molecule has 0 amide bonds. The summed E-state index contributed by atoms with van der Waals surface area (Å²) in [7, 11) is 0. The second-order valence-corrected chi connectivity index (χ2v) is 18.5. The summed E-state index contributed by atoms with van der Waals surface area (Å²) in [5.74, 6) is 6.64. The first-order chi connectivity index (χ1) is 30.6. The van der Waals surface area contributed by atoms with Crippen LogP contribution in [0.5, 0.6) is 46.0 Å². The van der Waals surface area contributed by atoms with Crippen molar-refractivity contribution in [2.75, 3.05) is 27.2 Å². The first-order valence-electron chi connectivity index (χ1n) is 23.9. The third-order valence-electron chi connectivity index (χ3n) is 14.0. The molecule has 0 fully saturated rings. The van der Waals surface area contributed by atoms with Crippen molar-refractivity contribution in [3.05, 3.63) is 92.5 Å². The molecular weight excluding hydrogens is 844 g/mol. The van der Waals surface area contributed by atoms with Gasteiger partial charge in [0.25, 0.3) is 0 Å². The van der Waals surface area contributed by atoms with Crippen LogP contribution in [0.25, 0.3) is 0 Å². The summed E-state index contributed by atoms with van der Waals surface area (Å²) >= 11 is 3.95. The van der Waals surface area contributed by atoms with Crippen LogP contribution in [-0.2, 0) is 5.33 Å². The van der Waals surface area contributed by atoms with Crippen molar-refractivity contribution < 1.29 is 37.9 Å². The number of benzene rings is 4. The van der Waals surface area contributed by atoms with Crippen molar-refractivity contribution >= 4 is 15.9 Å². The van der Waals surface area contributed by atoms with E-state index in [2.05, 4.69) is 86.1 Å². The van der Waals surface area contributed by atoms with E-state index < -0.39 is 0 Å². The Morgan fingerprint density at radius 3 is 0.887 bits per heavy atom. The maximum atomic E-state index is 6.78. The van der Waals surface area contributed by atoms with Crippen LogP contribution in [0, 0.1) is 0 Å². The molecule has 4 atom stereocenters. The van der Waals surface area contributed by atoms with Gasteiger partial charge in [-0.25, -0.2) is 0 Å². The molecule has 4 unspecified atom stereocenters. The molecule has 332 valence electrons. The lowest BCUT2D eigenvalue weighted by Gasteiger charge is -2.35. The quantitative estimate of drug-likeness (QED) is 0.0766. The van der Waals surface area contributed by atoms with E-state index >= 15 is 0 Å². The van der Waals surface area contributed by atoms with Gasteiger partial charge in [0.1, 0.15) is 46.0 Å². The Morgan fingerprint density at radius 2 is 0.613 bits per heavy atom. The highest BCUT2D eigenvalue weighted by molar-refractivity contribution is 9.08. The van der Waals surface area contributed by atoms with Gasteiger partial charge in [0.15, 0.2) is 0 Å². The third kappa shape index (κ3) is 8.32. The van der Waals surface area contributed by atoms with Gasteiger partial charge in [0.2, 0.25) is 27.2 Å². The molecule has 9 rings (SSSR count). The van der Waals surface area contributed by atoms with Gasteiger partial charge in [-0.15, -0.1) is 0 Å². The van der Waals surface area contributed by atoms with Crippen molar-refractivity contribution in [3.63, 3.8) is 0 Å². The van der Waals surface area contributed by atoms with Crippen LogP contribution in [0.2, 0.25) is 0 Å². The van der Waals surface area contributed by atoms with E-state index in [-0.39, 0.29) is 50.8 Å². The molecule has 8 bridgehead atoms. The summed E-state index contributed by atoms with van der Waals surface area (Å²) in [6, 6.07) is 16.2. The Labute approximate surface area is 377 Å². The van der Waals surface area contributed by atoms with Gasteiger partial charge in [0, 0.05) is 97.3 Å². The molecule has 8 nitrogen and oxygen atoms in total. The number of alkyl halides is 1. The Hall–Kier alpha value is -4.24. The summed E-state index contributed by atoms with van der Waals surface area (Å²) in [4.78, 5) is 0. The predicted molar refractivity (Wildman–Crippen MR) is 247 cm³/mol. The molecule has 0 saturated heterocycles. The number of ether oxygens (including phenoxy) is 8. The molecule has 0 saturated carbocycles. The Balaban J connectivity index is 1.40. The molecule has 9 heteroatoms. The van der Waals surface area contributed by atoms with Crippen molar-refractivity contribution in [1.82, 2.24) is 0 Å². The maximum absolute atomic E-state index is 6.78. The fraction of sp³-hybridized carbons (Fsp3) is 0.547. The molecule has 4 aromatic carbocycles. The van der Waals surface area contributed by atoms with Crippen molar-refractivity contribution in [3.8, 4) is 46.0 Å². The average molecular weight is 910 g/mol. The zero-order valence-corrected chi connectivity index (χ0v) is 38.9. The van der Waals surface area contributed by atoms with Crippen LogP contribution in [0.15, 0.2) is 42.5 Å².